The summed E-state index contributed by atoms with van der Waals surface area (Å²) in [6.07, 6.45) is 1.66. The summed E-state index contributed by atoms with van der Waals surface area (Å²) in [6.45, 7) is 9.10. The van der Waals surface area contributed by atoms with Crippen LogP contribution in [0.1, 0.15) is 27.7 Å². The van der Waals surface area contributed by atoms with Crippen LogP contribution in [0, 0.1) is 5.92 Å². The zero-order chi connectivity index (χ0) is 18.4. The summed E-state index contributed by atoms with van der Waals surface area (Å²) in [5, 5.41) is 8.83. The number of nitrogens with zero attached hydrogens (tertiary/aromatic N) is 4. The third kappa shape index (κ3) is 5.22. The van der Waals surface area contributed by atoms with Gasteiger partial charge in [0.1, 0.15) is 12.1 Å². The number of rotatable bonds is 8. The summed E-state index contributed by atoms with van der Waals surface area (Å²) in [6, 6.07) is 7.84. The monoisotopic (exact) mass is 362 g/mol. The molecule has 0 radical (unpaired) electrons. The number of amides is 1. The SMILES string of the molecule is COc1ccc(-n2cnnc2SCC(=O)N(CC(C)C)C(C)C)cc1. The molecule has 0 aliphatic carbocycles. The molecular formula is C18H26N4O2S. The maximum Gasteiger partial charge on any atom is 0.233 e. The number of hydrogen-bond acceptors (Lipinski definition) is 5. The highest BCUT2D eigenvalue weighted by molar-refractivity contribution is 7.99. The van der Waals surface area contributed by atoms with E-state index in [-0.39, 0.29) is 11.9 Å². The topological polar surface area (TPSA) is 60.2 Å². The van der Waals surface area contributed by atoms with E-state index in [0.29, 0.717) is 16.8 Å². The van der Waals surface area contributed by atoms with Gasteiger partial charge < -0.3 is 9.64 Å². The van der Waals surface area contributed by atoms with Gasteiger partial charge in [-0.15, -0.1) is 10.2 Å². The summed E-state index contributed by atoms with van der Waals surface area (Å²) in [7, 11) is 1.64. The molecule has 0 spiro atoms. The Morgan fingerprint density at radius 3 is 2.48 bits per heavy atom. The van der Waals surface area contributed by atoms with Gasteiger partial charge in [-0.2, -0.15) is 0 Å². The third-order valence-corrected chi connectivity index (χ3v) is 4.63. The maximum absolute atomic E-state index is 12.6. The molecule has 0 saturated heterocycles. The molecule has 2 aromatic rings. The van der Waals surface area contributed by atoms with Crippen LogP contribution in [0.4, 0.5) is 0 Å². The summed E-state index contributed by atoms with van der Waals surface area (Å²) < 4.78 is 7.05. The van der Waals surface area contributed by atoms with Gasteiger partial charge >= 0.3 is 0 Å². The summed E-state index contributed by atoms with van der Waals surface area (Å²) in [5.74, 6) is 1.71. The minimum Gasteiger partial charge on any atom is -0.497 e. The van der Waals surface area contributed by atoms with E-state index in [9.17, 15) is 4.79 Å². The molecule has 1 amide bonds. The standard InChI is InChI=1S/C18H26N4O2S/c1-13(2)10-21(14(3)4)17(23)11-25-18-20-19-12-22(18)15-6-8-16(24-5)9-7-15/h6-9,12-14H,10-11H2,1-5H3. The molecule has 1 aromatic heterocycles. The number of carbonyl (C=O) groups excluding carboxylic acids is 1. The molecule has 2 rings (SSSR count). The first-order valence-electron chi connectivity index (χ1n) is 8.39. The minimum atomic E-state index is 0.123. The Balaban J connectivity index is 2.06. The van der Waals surface area contributed by atoms with Gasteiger partial charge in [0.25, 0.3) is 0 Å². The molecule has 0 fully saturated rings. The van der Waals surface area contributed by atoms with Crippen LogP contribution in [-0.2, 0) is 4.79 Å². The molecule has 1 heterocycles. The second-order valence-corrected chi connectivity index (χ2v) is 7.45. The van der Waals surface area contributed by atoms with Crippen LogP contribution in [-0.4, -0.2) is 51.0 Å². The number of carbonyl (C=O) groups is 1. The molecule has 0 aliphatic heterocycles. The van der Waals surface area contributed by atoms with Crippen LogP contribution < -0.4 is 4.74 Å². The summed E-state index contributed by atoms with van der Waals surface area (Å²) in [5.41, 5.74) is 0.934. The van der Waals surface area contributed by atoms with Crippen molar-refractivity contribution in [1.82, 2.24) is 19.7 Å². The Morgan fingerprint density at radius 1 is 1.24 bits per heavy atom. The second-order valence-electron chi connectivity index (χ2n) is 6.50. The molecule has 136 valence electrons. The number of benzene rings is 1. The maximum atomic E-state index is 12.6. The molecule has 7 heteroatoms. The molecule has 0 aliphatic rings. The van der Waals surface area contributed by atoms with Gasteiger partial charge in [-0.25, -0.2) is 0 Å². The Morgan fingerprint density at radius 2 is 1.92 bits per heavy atom. The highest BCUT2D eigenvalue weighted by atomic mass is 32.2. The molecular weight excluding hydrogens is 336 g/mol. The number of hydrogen-bond donors (Lipinski definition) is 0. The fourth-order valence-electron chi connectivity index (χ4n) is 2.45. The van der Waals surface area contributed by atoms with E-state index in [0.717, 1.165) is 18.0 Å². The first-order chi connectivity index (χ1) is 11.9. The Bertz CT molecular complexity index is 683. The van der Waals surface area contributed by atoms with Crippen LogP contribution in [0.5, 0.6) is 5.75 Å². The average Bonchev–Trinajstić information content (AvgIpc) is 3.05. The smallest absolute Gasteiger partial charge is 0.233 e. The van der Waals surface area contributed by atoms with Gasteiger partial charge in [0.05, 0.1) is 12.9 Å². The molecule has 25 heavy (non-hydrogen) atoms. The number of aromatic nitrogens is 3. The van der Waals surface area contributed by atoms with E-state index in [1.807, 2.05) is 47.6 Å². The van der Waals surface area contributed by atoms with Crippen molar-refractivity contribution in [3.05, 3.63) is 30.6 Å². The second kappa shape index (κ2) is 8.89. The predicted octanol–water partition coefficient (Wildman–Crippen LogP) is 3.26. The molecule has 6 nitrogen and oxygen atoms in total. The van der Waals surface area contributed by atoms with E-state index in [1.54, 1.807) is 13.4 Å². The van der Waals surface area contributed by atoms with Crippen molar-refractivity contribution in [3.8, 4) is 11.4 Å². The lowest BCUT2D eigenvalue weighted by molar-refractivity contribution is -0.130. The van der Waals surface area contributed by atoms with E-state index in [2.05, 4.69) is 24.0 Å². The average molecular weight is 362 g/mol. The Kier molecular flexibility index (Phi) is 6.87. The van der Waals surface area contributed by atoms with Gasteiger partial charge in [-0.3, -0.25) is 9.36 Å². The normalized spacial score (nSPS) is 11.2. The van der Waals surface area contributed by atoms with Gasteiger partial charge in [0.2, 0.25) is 5.91 Å². The van der Waals surface area contributed by atoms with Crippen LogP contribution in [0.3, 0.4) is 0 Å². The van der Waals surface area contributed by atoms with Crippen molar-refractivity contribution in [2.75, 3.05) is 19.4 Å². The van der Waals surface area contributed by atoms with Gasteiger partial charge in [-0.05, 0) is 44.0 Å². The van der Waals surface area contributed by atoms with Crippen molar-refractivity contribution in [2.24, 2.45) is 5.92 Å². The lowest BCUT2D eigenvalue weighted by atomic mass is 10.2. The van der Waals surface area contributed by atoms with Crippen molar-refractivity contribution in [1.29, 1.82) is 0 Å². The quantitative estimate of drug-likeness (QED) is 0.675. The predicted molar refractivity (Wildman–Crippen MR) is 100 cm³/mol. The lowest BCUT2D eigenvalue weighted by Gasteiger charge is -2.28. The van der Waals surface area contributed by atoms with Crippen molar-refractivity contribution < 1.29 is 9.53 Å². The van der Waals surface area contributed by atoms with E-state index in [1.165, 1.54) is 11.8 Å². The van der Waals surface area contributed by atoms with Crippen LogP contribution in [0.25, 0.3) is 5.69 Å². The van der Waals surface area contributed by atoms with Crippen LogP contribution in [0.15, 0.2) is 35.7 Å². The molecule has 1 aromatic carbocycles. The van der Waals surface area contributed by atoms with Crippen molar-refractivity contribution in [2.45, 2.75) is 38.9 Å². The minimum absolute atomic E-state index is 0.123. The zero-order valence-electron chi connectivity index (χ0n) is 15.5. The first-order valence-corrected chi connectivity index (χ1v) is 9.37. The first kappa shape index (κ1) is 19.3. The third-order valence-electron chi connectivity index (χ3n) is 3.70. The Hall–Kier alpha value is -2.02. The highest BCUT2D eigenvalue weighted by Gasteiger charge is 2.19. The Labute approximate surface area is 153 Å². The van der Waals surface area contributed by atoms with E-state index < -0.39 is 0 Å². The number of ether oxygens (including phenoxy) is 1. The highest BCUT2D eigenvalue weighted by Crippen LogP contribution is 2.22. The van der Waals surface area contributed by atoms with Gasteiger partial charge in [-0.1, -0.05) is 25.6 Å². The number of thioether (sulfide) groups is 1. The summed E-state index contributed by atoms with van der Waals surface area (Å²) in [4.78, 5) is 14.5. The number of methoxy groups -OCH3 is 1. The van der Waals surface area contributed by atoms with Gasteiger partial charge in [0.15, 0.2) is 5.16 Å². The summed E-state index contributed by atoms with van der Waals surface area (Å²) >= 11 is 1.41. The molecule has 0 saturated carbocycles. The fraction of sp³-hybridized carbons (Fsp3) is 0.500. The zero-order valence-corrected chi connectivity index (χ0v) is 16.3. The van der Waals surface area contributed by atoms with E-state index >= 15 is 0 Å². The van der Waals surface area contributed by atoms with Crippen LogP contribution in [0.2, 0.25) is 0 Å². The van der Waals surface area contributed by atoms with Gasteiger partial charge in [0, 0.05) is 18.3 Å². The molecule has 0 atom stereocenters. The molecule has 0 unspecified atom stereocenters. The van der Waals surface area contributed by atoms with Crippen molar-refractivity contribution in [3.63, 3.8) is 0 Å². The molecule has 0 N–H and O–H groups in total. The van der Waals surface area contributed by atoms with Crippen LogP contribution >= 0.6 is 11.8 Å². The van der Waals surface area contributed by atoms with Crippen molar-refractivity contribution >= 4 is 17.7 Å². The molecule has 0 bridgehead atoms. The lowest BCUT2D eigenvalue weighted by Crippen LogP contribution is -2.40. The van der Waals surface area contributed by atoms with E-state index in [4.69, 9.17) is 4.74 Å². The largest absolute Gasteiger partial charge is 0.497 e. The fourth-order valence-corrected chi connectivity index (χ4v) is 3.26.